The van der Waals surface area contributed by atoms with Crippen molar-refractivity contribution in [2.24, 2.45) is 0 Å². The number of anilines is 1. The molecule has 2 N–H and O–H groups in total. The van der Waals surface area contributed by atoms with Crippen molar-refractivity contribution in [2.75, 3.05) is 4.90 Å². The lowest BCUT2D eigenvalue weighted by Crippen LogP contribution is -2.54. The molecule has 0 spiro atoms. The van der Waals surface area contributed by atoms with Gasteiger partial charge in [-0.1, -0.05) is 30.3 Å². The second-order valence-electron chi connectivity index (χ2n) is 7.30. The molecule has 1 aliphatic heterocycles. The van der Waals surface area contributed by atoms with Crippen LogP contribution in [0.3, 0.4) is 0 Å². The van der Waals surface area contributed by atoms with Gasteiger partial charge in [0.15, 0.2) is 5.11 Å². The summed E-state index contributed by atoms with van der Waals surface area (Å²) >= 11 is 7.41. The smallest absolute Gasteiger partial charge is 0.335 e. The van der Waals surface area contributed by atoms with E-state index in [1.165, 1.54) is 24.3 Å². The number of hydrogen-bond donors (Lipinski definition) is 2. The Labute approximate surface area is 214 Å². The van der Waals surface area contributed by atoms with Crippen LogP contribution in [0.15, 0.2) is 78.4 Å². The van der Waals surface area contributed by atoms with Gasteiger partial charge in [-0.15, -0.1) is 0 Å². The van der Waals surface area contributed by atoms with E-state index in [0.29, 0.717) is 17.9 Å². The Balaban J connectivity index is 1.53. The Kier molecular flexibility index (Phi) is 7.03. The molecule has 0 bridgehead atoms. The maximum atomic E-state index is 13.1. The van der Waals surface area contributed by atoms with Crippen molar-refractivity contribution in [1.29, 1.82) is 0 Å². The Bertz CT molecular complexity index is 1320. The van der Waals surface area contributed by atoms with Gasteiger partial charge in [-0.05, 0) is 94.5 Å². The first-order valence-corrected chi connectivity index (χ1v) is 11.5. The van der Waals surface area contributed by atoms with Crippen LogP contribution in [0.1, 0.15) is 21.5 Å². The summed E-state index contributed by atoms with van der Waals surface area (Å²) in [6, 6.07) is 20.8. The lowest BCUT2D eigenvalue weighted by Gasteiger charge is -2.29. The lowest BCUT2D eigenvalue weighted by atomic mass is 10.1. The fourth-order valence-electron chi connectivity index (χ4n) is 3.24. The monoisotopic (exact) mass is 584 g/mol. The van der Waals surface area contributed by atoms with Crippen molar-refractivity contribution in [3.05, 3.63) is 98.6 Å². The van der Waals surface area contributed by atoms with Gasteiger partial charge in [-0.25, -0.2) is 4.79 Å². The van der Waals surface area contributed by atoms with Gasteiger partial charge in [0, 0.05) is 3.57 Å². The summed E-state index contributed by atoms with van der Waals surface area (Å²) in [7, 11) is 0. The second kappa shape index (κ2) is 10.1. The van der Waals surface area contributed by atoms with Crippen LogP contribution in [-0.2, 0) is 16.2 Å². The van der Waals surface area contributed by atoms with Gasteiger partial charge in [-0.3, -0.25) is 19.8 Å². The number of nitrogens with zero attached hydrogens (tertiary/aromatic N) is 1. The van der Waals surface area contributed by atoms with Gasteiger partial charge < -0.3 is 9.84 Å². The molecule has 1 fully saturated rings. The van der Waals surface area contributed by atoms with Crippen molar-refractivity contribution < 1.29 is 24.2 Å². The van der Waals surface area contributed by atoms with Gasteiger partial charge in [-0.2, -0.15) is 0 Å². The number of nitrogens with one attached hydrogen (secondary N) is 1. The summed E-state index contributed by atoms with van der Waals surface area (Å²) < 4.78 is 6.94. The van der Waals surface area contributed by atoms with E-state index in [4.69, 9.17) is 17.0 Å². The van der Waals surface area contributed by atoms with E-state index in [1.54, 1.807) is 30.3 Å². The number of thiocarbonyl (C=S) groups is 1. The zero-order chi connectivity index (χ0) is 24.2. The molecular weight excluding hydrogens is 567 g/mol. The molecule has 3 aromatic carbocycles. The van der Waals surface area contributed by atoms with Gasteiger partial charge in [0.2, 0.25) is 0 Å². The number of carboxylic acids is 1. The van der Waals surface area contributed by atoms with Gasteiger partial charge in [0.05, 0.1) is 11.3 Å². The molecule has 1 saturated heterocycles. The molecule has 1 aliphatic rings. The number of amides is 2. The van der Waals surface area contributed by atoms with E-state index in [0.717, 1.165) is 14.0 Å². The maximum Gasteiger partial charge on any atom is 0.335 e. The summed E-state index contributed by atoms with van der Waals surface area (Å²) in [6.07, 6.45) is 1.45. The first-order valence-electron chi connectivity index (χ1n) is 10.0. The number of carbonyl (C=O) groups excluding carboxylic acids is 2. The molecule has 7 nitrogen and oxygen atoms in total. The van der Waals surface area contributed by atoms with Gasteiger partial charge in [0.25, 0.3) is 11.8 Å². The molecule has 0 saturated carbocycles. The molecule has 9 heteroatoms. The van der Waals surface area contributed by atoms with Crippen LogP contribution in [0.2, 0.25) is 0 Å². The van der Waals surface area contributed by atoms with Crippen molar-refractivity contribution in [2.45, 2.75) is 6.61 Å². The Morgan fingerprint density at radius 3 is 2.44 bits per heavy atom. The summed E-state index contributed by atoms with van der Waals surface area (Å²) in [5.74, 6) is -1.76. The molecular formula is C25H17IN2O5S. The van der Waals surface area contributed by atoms with Crippen LogP contribution in [-0.4, -0.2) is 28.0 Å². The highest BCUT2D eigenvalue weighted by Gasteiger charge is 2.34. The first kappa shape index (κ1) is 23.6. The van der Waals surface area contributed by atoms with E-state index in [2.05, 4.69) is 27.9 Å². The molecule has 0 radical (unpaired) electrons. The fraction of sp³-hybridized carbons (Fsp3) is 0.0400. The van der Waals surface area contributed by atoms with Crippen LogP contribution in [0.25, 0.3) is 6.08 Å². The minimum atomic E-state index is -1.14. The van der Waals surface area contributed by atoms with Crippen LogP contribution >= 0.6 is 34.8 Å². The molecule has 1 heterocycles. The summed E-state index contributed by atoms with van der Waals surface area (Å²) in [5, 5.41) is 11.6. The number of benzene rings is 3. The number of ether oxygens (including phenoxy) is 1. The van der Waals surface area contributed by atoms with Crippen molar-refractivity contribution in [3.8, 4) is 5.75 Å². The topological polar surface area (TPSA) is 95.9 Å². The zero-order valence-corrected chi connectivity index (χ0v) is 20.5. The van der Waals surface area contributed by atoms with E-state index in [1.807, 2.05) is 24.3 Å². The Morgan fingerprint density at radius 1 is 1.06 bits per heavy atom. The van der Waals surface area contributed by atoms with Crippen LogP contribution in [0.4, 0.5) is 5.69 Å². The quantitative estimate of drug-likeness (QED) is 0.193. The number of carbonyl (C=O) groups is 3. The highest BCUT2D eigenvalue weighted by Crippen LogP contribution is 2.24. The maximum absolute atomic E-state index is 13.1. The highest BCUT2D eigenvalue weighted by molar-refractivity contribution is 14.1. The highest BCUT2D eigenvalue weighted by atomic mass is 127. The van der Waals surface area contributed by atoms with Crippen LogP contribution in [0.5, 0.6) is 5.75 Å². The molecule has 2 amide bonds. The zero-order valence-electron chi connectivity index (χ0n) is 17.5. The van der Waals surface area contributed by atoms with E-state index in [9.17, 15) is 19.5 Å². The van der Waals surface area contributed by atoms with Crippen molar-refractivity contribution in [3.63, 3.8) is 0 Å². The largest absolute Gasteiger partial charge is 0.489 e. The summed E-state index contributed by atoms with van der Waals surface area (Å²) in [4.78, 5) is 38.0. The van der Waals surface area contributed by atoms with Crippen molar-refractivity contribution in [1.82, 2.24) is 5.32 Å². The number of hydrogen-bond acceptors (Lipinski definition) is 5. The molecule has 0 aliphatic carbocycles. The fourth-order valence-corrected chi connectivity index (χ4v) is 3.88. The van der Waals surface area contributed by atoms with Crippen LogP contribution < -0.4 is 15.0 Å². The van der Waals surface area contributed by atoms with E-state index in [-0.39, 0.29) is 21.9 Å². The first-order chi connectivity index (χ1) is 16.3. The predicted molar refractivity (Wildman–Crippen MR) is 140 cm³/mol. The standard InChI is InChI=1S/C25H17IN2O5S/c26-18-8-4-16(5-9-18)14-33-20-10-6-15(7-11-20)12-21-22(29)27-25(34)28(23(21)30)19-3-1-2-17(13-19)24(31)32/h1-13H,14H2,(H,31,32)(H,27,29,34). The lowest BCUT2D eigenvalue weighted by molar-refractivity contribution is -0.122. The third-order valence-electron chi connectivity index (χ3n) is 4.96. The minimum Gasteiger partial charge on any atom is -0.489 e. The predicted octanol–water partition coefficient (Wildman–Crippen LogP) is 4.40. The number of aromatic carboxylic acids is 1. The van der Waals surface area contributed by atoms with Gasteiger partial charge >= 0.3 is 5.97 Å². The molecule has 0 unspecified atom stereocenters. The molecule has 0 atom stereocenters. The van der Waals surface area contributed by atoms with Crippen molar-refractivity contribution >= 4 is 69.5 Å². The van der Waals surface area contributed by atoms with Gasteiger partial charge in [0.1, 0.15) is 17.9 Å². The Morgan fingerprint density at radius 2 is 1.76 bits per heavy atom. The molecule has 170 valence electrons. The number of halogens is 1. The van der Waals surface area contributed by atoms with E-state index >= 15 is 0 Å². The van der Waals surface area contributed by atoms with E-state index < -0.39 is 17.8 Å². The summed E-state index contributed by atoms with van der Waals surface area (Å²) in [6.45, 7) is 0.417. The normalized spacial score (nSPS) is 14.8. The third kappa shape index (κ3) is 5.32. The minimum absolute atomic E-state index is 0.00337. The average Bonchev–Trinajstić information content (AvgIpc) is 2.82. The SMILES string of the molecule is O=C1NC(=S)N(c2cccc(C(=O)O)c2)C(=O)C1=Cc1ccc(OCc2ccc(I)cc2)cc1. The molecule has 34 heavy (non-hydrogen) atoms. The third-order valence-corrected chi connectivity index (χ3v) is 5.97. The average molecular weight is 584 g/mol. The summed E-state index contributed by atoms with van der Waals surface area (Å²) in [5.41, 5.74) is 1.78. The second-order valence-corrected chi connectivity index (χ2v) is 8.93. The molecule has 4 rings (SSSR count). The number of rotatable bonds is 6. The van der Waals surface area contributed by atoms with Crippen LogP contribution in [0, 0.1) is 3.57 Å². The Hall–Kier alpha value is -3.57. The molecule has 3 aromatic rings. The molecule has 0 aromatic heterocycles. The number of carboxylic acid groups (broad SMARTS) is 1.